The molecule has 3 saturated heterocycles. The maximum Gasteiger partial charge on any atom is 0.275 e. The average molecular weight is 254 g/mol. The Labute approximate surface area is 108 Å². The number of likely N-dealkylation sites (tertiary alicyclic amines) is 1. The van der Waals surface area contributed by atoms with Gasteiger partial charge in [0.2, 0.25) is 0 Å². The normalized spacial score (nSPS) is 37.6. The summed E-state index contributed by atoms with van der Waals surface area (Å²) >= 11 is 0. The molecule has 1 amide bonds. The molecule has 0 radical (unpaired) electrons. The number of carbonyl (C=O) groups is 1. The van der Waals surface area contributed by atoms with Gasteiger partial charge in [0.1, 0.15) is 6.10 Å². The van der Waals surface area contributed by atoms with Gasteiger partial charge >= 0.3 is 0 Å². The van der Waals surface area contributed by atoms with Crippen LogP contribution in [0.5, 0.6) is 0 Å². The number of hydroxylamine groups is 2. The average Bonchev–Trinajstić information content (AvgIpc) is 2.80. The first kappa shape index (κ1) is 12.4. The molecule has 0 N–H and O–H groups in total. The van der Waals surface area contributed by atoms with Crippen LogP contribution in [0.15, 0.2) is 0 Å². The van der Waals surface area contributed by atoms with Crippen LogP contribution in [0.25, 0.3) is 0 Å². The zero-order chi connectivity index (χ0) is 12.5. The molecule has 3 aliphatic rings. The number of fused-ring (bicyclic) bond motifs is 1. The second-order valence-corrected chi connectivity index (χ2v) is 5.56. The maximum atomic E-state index is 12.3. The largest absolute Gasteiger partial charge is 0.363 e. The van der Waals surface area contributed by atoms with Gasteiger partial charge in [-0.3, -0.25) is 9.63 Å². The Morgan fingerprint density at radius 3 is 2.83 bits per heavy atom. The number of hydrogen-bond donors (Lipinski definition) is 0. The number of nitrogens with zero attached hydrogens (tertiary/aromatic N) is 2. The lowest BCUT2D eigenvalue weighted by Gasteiger charge is -2.36. The predicted molar refractivity (Wildman–Crippen MR) is 65.8 cm³/mol. The third-order valence-electron chi connectivity index (χ3n) is 4.35. The predicted octanol–water partition coefficient (Wildman–Crippen LogP) is 0.792. The summed E-state index contributed by atoms with van der Waals surface area (Å²) in [5.41, 5.74) is 0. The third-order valence-corrected chi connectivity index (χ3v) is 4.35. The van der Waals surface area contributed by atoms with Crippen LogP contribution in [-0.2, 0) is 14.4 Å². The zero-order valence-electron chi connectivity index (χ0n) is 11.0. The molecule has 5 heteroatoms. The summed E-state index contributed by atoms with van der Waals surface area (Å²) in [5.74, 6) is 0.0303. The van der Waals surface area contributed by atoms with Crippen molar-refractivity contribution >= 4 is 5.91 Å². The SMILES string of the molecule is CN1CC[C@@H]2O[C@@H](C(=O)N3CCCCO3)CC[C@@H]21. The van der Waals surface area contributed by atoms with Gasteiger partial charge in [-0.1, -0.05) is 0 Å². The summed E-state index contributed by atoms with van der Waals surface area (Å²) in [5, 5.41) is 1.52. The summed E-state index contributed by atoms with van der Waals surface area (Å²) in [7, 11) is 2.14. The first-order chi connectivity index (χ1) is 8.75. The number of hydrogen-bond acceptors (Lipinski definition) is 4. The Balaban J connectivity index is 1.59. The highest BCUT2D eigenvalue weighted by Crippen LogP contribution is 2.31. The Hall–Kier alpha value is -0.650. The van der Waals surface area contributed by atoms with Crippen LogP contribution >= 0.6 is 0 Å². The van der Waals surface area contributed by atoms with Crippen molar-refractivity contribution in [3.63, 3.8) is 0 Å². The zero-order valence-corrected chi connectivity index (χ0v) is 11.0. The quantitative estimate of drug-likeness (QED) is 0.694. The van der Waals surface area contributed by atoms with Crippen molar-refractivity contribution < 1.29 is 14.4 Å². The molecular weight excluding hydrogens is 232 g/mol. The lowest BCUT2D eigenvalue weighted by atomic mass is 9.99. The van der Waals surface area contributed by atoms with E-state index in [2.05, 4.69) is 11.9 Å². The van der Waals surface area contributed by atoms with E-state index < -0.39 is 0 Å². The number of ether oxygens (including phenoxy) is 1. The molecule has 0 aromatic carbocycles. The molecule has 0 unspecified atom stereocenters. The van der Waals surface area contributed by atoms with E-state index in [1.165, 1.54) is 5.06 Å². The van der Waals surface area contributed by atoms with Gasteiger partial charge in [0.25, 0.3) is 5.91 Å². The van der Waals surface area contributed by atoms with Crippen molar-refractivity contribution in [1.29, 1.82) is 0 Å². The first-order valence-electron chi connectivity index (χ1n) is 7.06. The van der Waals surface area contributed by atoms with Crippen LogP contribution in [0, 0.1) is 0 Å². The molecule has 0 saturated carbocycles. The fourth-order valence-electron chi connectivity index (χ4n) is 3.25. The molecule has 18 heavy (non-hydrogen) atoms. The standard InChI is InChI=1S/C13H22N2O3/c1-14-8-6-11-10(14)4-5-12(18-11)13(16)15-7-2-3-9-17-15/h10-12H,2-9H2,1H3/t10-,11-,12+/m0/s1. The third kappa shape index (κ3) is 2.27. The van der Waals surface area contributed by atoms with Crippen LogP contribution < -0.4 is 0 Å². The van der Waals surface area contributed by atoms with Crippen molar-refractivity contribution in [1.82, 2.24) is 9.96 Å². The highest BCUT2D eigenvalue weighted by Gasteiger charge is 2.41. The van der Waals surface area contributed by atoms with E-state index >= 15 is 0 Å². The number of rotatable bonds is 1. The lowest BCUT2D eigenvalue weighted by molar-refractivity contribution is -0.213. The van der Waals surface area contributed by atoms with Gasteiger partial charge in [-0.15, -0.1) is 0 Å². The molecular formula is C13H22N2O3. The van der Waals surface area contributed by atoms with E-state index in [1.807, 2.05) is 0 Å². The van der Waals surface area contributed by atoms with Crippen molar-refractivity contribution in [2.45, 2.75) is 50.4 Å². The van der Waals surface area contributed by atoms with Gasteiger partial charge < -0.3 is 9.64 Å². The topological polar surface area (TPSA) is 42.0 Å². The minimum absolute atomic E-state index is 0.0303. The van der Waals surface area contributed by atoms with E-state index in [-0.39, 0.29) is 18.1 Å². The highest BCUT2D eigenvalue weighted by atomic mass is 16.7. The lowest BCUT2D eigenvalue weighted by Crippen LogP contribution is -2.49. The Morgan fingerprint density at radius 2 is 2.06 bits per heavy atom. The number of likely N-dealkylation sites (N-methyl/N-ethyl adjacent to an activating group) is 1. The van der Waals surface area contributed by atoms with E-state index in [4.69, 9.17) is 9.57 Å². The molecule has 3 heterocycles. The van der Waals surface area contributed by atoms with Crippen LogP contribution in [0.1, 0.15) is 32.1 Å². The molecule has 0 aromatic rings. The van der Waals surface area contributed by atoms with Crippen molar-refractivity contribution in [3.05, 3.63) is 0 Å². The van der Waals surface area contributed by atoms with Gasteiger partial charge in [0, 0.05) is 19.1 Å². The molecule has 0 aliphatic carbocycles. The minimum Gasteiger partial charge on any atom is -0.363 e. The maximum absolute atomic E-state index is 12.3. The molecule has 5 nitrogen and oxygen atoms in total. The fraction of sp³-hybridized carbons (Fsp3) is 0.923. The van der Waals surface area contributed by atoms with E-state index in [0.29, 0.717) is 19.2 Å². The van der Waals surface area contributed by atoms with Crippen LogP contribution in [0.3, 0.4) is 0 Å². The Kier molecular flexibility index (Phi) is 3.54. The van der Waals surface area contributed by atoms with Crippen molar-refractivity contribution in [2.24, 2.45) is 0 Å². The summed E-state index contributed by atoms with van der Waals surface area (Å²) in [4.78, 5) is 20.1. The fourth-order valence-corrected chi connectivity index (χ4v) is 3.25. The van der Waals surface area contributed by atoms with Crippen LogP contribution in [0.2, 0.25) is 0 Å². The summed E-state index contributed by atoms with van der Waals surface area (Å²) in [6, 6.07) is 0.510. The van der Waals surface area contributed by atoms with Gasteiger partial charge in [0.05, 0.1) is 12.7 Å². The summed E-state index contributed by atoms with van der Waals surface area (Å²) in [6.45, 7) is 2.45. The second-order valence-electron chi connectivity index (χ2n) is 5.56. The van der Waals surface area contributed by atoms with Crippen molar-refractivity contribution in [3.8, 4) is 0 Å². The number of carbonyl (C=O) groups excluding carboxylic acids is 1. The molecule has 3 aliphatic heterocycles. The Bertz CT molecular complexity index is 317. The molecule has 102 valence electrons. The Morgan fingerprint density at radius 1 is 1.17 bits per heavy atom. The molecule has 3 atom stereocenters. The van der Waals surface area contributed by atoms with Gasteiger partial charge in [-0.25, -0.2) is 5.06 Å². The van der Waals surface area contributed by atoms with E-state index in [0.717, 1.165) is 38.6 Å². The monoisotopic (exact) mass is 254 g/mol. The van der Waals surface area contributed by atoms with Gasteiger partial charge in [-0.2, -0.15) is 0 Å². The molecule has 3 fully saturated rings. The summed E-state index contributed by atoms with van der Waals surface area (Å²) in [6.07, 6.45) is 4.97. The number of amides is 1. The molecule has 0 spiro atoms. The molecule has 0 bridgehead atoms. The van der Waals surface area contributed by atoms with Crippen molar-refractivity contribution in [2.75, 3.05) is 26.7 Å². The first-order valence-corrected chi connectivity index (χ1v) is 7.06. The van der Waals surface area contributed by atoms with E-state index in [1.54, 1.807) is 0 Å². The second kappa shape index (κ2) is 5.15. The summed E-state index contributed by atoms with van der Waals surface area (Å²) < 4.78 is 5.98. The molecule has 3 rings (SSSR count). The van der Waals surface area contributed by atoms with Crippen LogP contribution in [-0.4, -0.2) is 60.9 Å². The minimum atomic E-state index is -0.282. The van der Waals surface area contributed by atoms with Gasteiger partial charge in [0.15, 0.2) is 0 Å². The van der Waals surface area contributed by atoms with Crippen LogP contribution in [0.4, 0.5) is 0 Å². The van der Waals surface area contributed by atoms with Gasteiger partial charge in [-0.05, 0) is 39.2 Å². The molecule has 0 aromatic heterocycles. The van der Waals surface area contributed by atoms with E-state index in [9.17, 15) is 4.79 Å². The smallest absolute Gasteiger partial charge is 0.275 e. The highest BCUT2D eigenvalue weighted by molar-refractivity contribution is 5.80.